The maximum Gasteiger partial charge on any atom is 0.348 e. The Bertz CT molecular complexity index is 1210. The minimum absolute atomic E-state index is 0.0400. The summed E-state index contributed by atoms with van der Waals surface area (Å²) in [6.45, 7) is 4.55. The van der Waals surface area contributed by atoms with E-state index in [0.717, 1.165) is 43.5 Å². The molecule has 0 atom stereocenters. The molecule has 1 amide bonds. The number of nitrogens with zero attached hydrogens (tertiary/aromatic N) is 2. The zero-order valence-electron chi connectivity index (χ0n) is 17.7. The van der Waals surface area contributed by atoms with Crippen LogP contribution in [0.2, 0.25) is 0 Å². The van der Waals surface area contributed by atoms with Crippen LogP contribution < -0.4 is 10.9 Å². The molecular weight excluding hydrogens is 414 g/mol. The molecule has 1 aliphatic heterocycles. The number of aryl methyl sites for hydroxylation is 2. The van der Waals surface area contributed by atoms with Crippen molar-refractivity contribution in [3.8, 4) is 0 Å². The molecule has 8 heteroatoms. The number of ether oxygens (including phenoxy) is 1. The lowest BCUT2D eigenvalue weighted by Gasteiger charge is -2.16. The lowest BCUT2D eigenvalue weighted by Crippen LogP contribution is -2.26. The number of anilines is 1. The van der Waals surface area contributed by atoms with Crippen molar-refractivity contribution in [1.82, 2.24) is 9.55 Å². The molecule has 0 fully saturated rings. The first-order valence-electron chi connectivity index (χ1n) is 10.6. The highest BCUT2D eigenvalue weighted by Crippen LogP contribution is 2.28. The molecule has 2 aromatic heterocycles. The van der Waals surface area contributed by atoms with Crippen molar-refractivity contribution in [2.75, 3.05) is 11.9 Å². The standard InChI is InChI=1S/C23H25N3O4S/c1-3-30-23(29)20-14(2)12-19(31-20)25-21(27)15-9-10-16-17(13-15)24-18-8-6-4-5-7-11-26(18)22(16)28/h9-10,12-13H,3-8,11H2,1-2H3,(H,25,27). The van der Waals surface area contributed by atoms with Gasteiger partial charge in [0.15, 0.2) is 0 Å². The van der Waals surface area contributed by atoms with Gasteiger partial charge in [-0.1, -0.05) is 12.8 Å². The predicted molar refractivity (Wildman–Crippen MR) is 121 cm³/mol. The van der Waals surface area contributed by atoms with Crippen LogP contribution >= 0.6 is 11.3 Å². The van der Waals surface area contributed by atoms with Crippen LogP contribution in [0.5, 0.6) is 0 Å². The van der Waals surface area contributed by atoms with Gasteiger partial charge in [-0.2, -0.15) is 0 Å². The lowest BCUT2D eigenvalue weighted by atomic mass is 10.1. The fourth-order valence-corrected chi connectivity index (χ4v) is 4.82. The van der Waals surface area contributed by atoms with Crippen molar-refractivity contribution < 1.29 is 14.3 Å². The summed E-state index contributed by atoms with van der Waals surface area (Å²) in [4.78, 5) is 43.0. The van der Waals surface area contributed by atoms with Crippen LogP contribution in [0.15, 0.2) is 29.1 Å². The number of benzene rings is 1. The van der Waals surface area contributed by atoms with Crippen LogP contribution in [0.3, 0.4) is 0 Å². The van der Waals surface area contributed by atoms with Crippen molar-refractivity contribution >= 4 is 39.1 Å². The molecule has 0 unspecified atom stereocenters. The minimum atomic E-state index is -0.391. The Morgan fingerprint density at radius 2 is 2.00 bits per heavy atom. The molecule has 0 radical (unpaired) electrons. The Balaban J connectivity index is 1.62. The number of carbonyl (C=O) groups is 2. The summed E-state index contributed by atoms with van der Waals surface area (Å²) in [7, 11) is 0. The van der Waals surface area contributed by atoms with E-state index < -0.39 is 5.97 Å². The van der Waals surface area contributed by atoms with E-state index in [9.17, 15) is 14.4 Å². The van der Waals surface area contributed by atoms with Crippen LogP contribution in [0.25, 0.3) is 10.9 Å². The molecule has 31 heavy (non-hydrogen) atoms. The second-order valence-electron chi connectivity index (χ2n) is 7.68. The SMILES string of the molecule is CCOC(=O)c1sc(NC(=O)c2ccc3c(=O)n4c(nc3c2)CCCCCC4)cc1C. The van der Waals surface area contributed by atoms with Gasteiger partial charge in [0.1, 0.15) is 10.7 Å². The number of rotatable bonds is 4. The number of thiophene rings is 1. The van der Waals surface area contributed by atoms with Gasteiger partial charge in [-0.15, -0.1) is 11.3 Å². The monoisotopic (exact) mass is 439 g/mol. The molecule has 0 spiro atoms. The number of fused-ring (bicyclic) bond motifs is 2. The van der Waals surface area contributed by atoms with E-state index in [4.69, 9.17) is 9.72 Å². The minimum Gasteiger partial charge on any atom is -0.462 e. The molecule has 0 bridgehead atoms. The number of carbonyl (C=O) groups excluding carboxylic acids is 2. The number of hydrogen-bond donors (Lipinski definition) is 1. The lowest BCUT2D eigenvalue weighted by molar-refractivity contribution is 0.0531. The first kappa shape index (κ1) is 21.2. The fraction of sp³-hybridized carbons (Fsp3) is 0.391. The highest BCUT2D eigenvalue weighted by Gasteiger charge is 2.18. The first-order chi connectivity index (χ1) is 15.0. The van der Waals surface area contributed by atoms with Crippen LogP contribution in [0.4, 0.5) is 5.00 Å². The van der Waals surface area contributed by atoms with Gasteiger partial charge in [0.05, 0.1) is 22.5 Å². The summed E-state index contributed by atoms with van der Waals surface area (Å²) in [6.07, 6.45) is 5.04. The smallest absolute Gasteiger partial charge is 0.348 e. The van der Waals surface area contributed by atoms with Crippen molar-refractivity contribution in [3.05, 3.63) is 56.4 Å². The van der Waals surface area contributed by atoms with Crippen LogP contribution in [0.1, 0.15) is 64.0 Å². The van der Waals surface area contributed by atoms with Gasteiger partial charge < -0.3 is 10.1 Å². The molecule has 1 N–H and O–H groups in total. The summed E-state index contributed by atoms with van der Waals surface area (Å²) < 4.78 is 6.84. The molecule has 3 heterocycles. The van der Waals surface area contributed by atoms with E-state index in [1.54, 1.807) is 42.7 Å². The second-order valence-corrected chi connectivity index (χ2v) is 8.73. The highest BCUT2D eigenvalue weighted by atomic mass is 32.1. The van der Waals surface area contributed by atoms with Gasteiger partial charge in [0, 0.05) is 18.5 Å². The maximum absolute atomic E-state index is 12.9. The Labute approximate surface area is 184 Å². The van der Waals surface area contributed by atoms with Crippen molar-refractivity contribution in [3.63, 3.8) is 0 Å². The topological polar surface area (TPSA) is 90.3 Å². The van der Waals surface area contributed by atoms with Crippen LogP contribution in [-0.2, 0) is 17.7 Å². The molecule has 3 aromatic rings. The normalized spacial score (nSPS) is 13.9. The van der Waals surface area contributed by atoms with Gasteiger partial charge in [-0.25, -0.2) is 9.78 Å². The Morgan fingerprint density at radius 3 is 2.81 bits per heavy atom. The molecule has 1 aliphatic rings. The zero-order valence-corrected chi connectivity index (χ0v) is 18.5. The Hall–Kier alpha value is -3.00. The molecule has 4 rings (SSSR count). The quantitative estimate of drug-likeness (QED) is 0.612. The van der Waals surface area contributed by atoms with Crippen molar-refractivity contribution in [2.24, 2.45) is 0 Å². The van der Waals surface area contributed by atoms with E-state index in [0.29, 0.717) is 39.5 Å². The highest BCUT2D eigenvalue weighted by molar-refractivity contribution is 7.18. The predicted octanol–water partition coefficient (Wildman–Crippen LogP) is 4.31. The fourth-order valence-electron chi connectivity index (χ4n) is 3.86. The van der Waals surface area contributed by atoms with Crippen molar-refractivity contribution in [1.29, 1.82) is 0 Å². The van der Waals surface area contributed by atoms with E-state index in [2.05, 4.69) is 5.32 Å². The third kappa shape index (κ3) is 4.39. The molecule has 0 saturated heterocycles. The number of esters is 1. The zero-order chi connectivity index (χ0) is 22.0. The first-order valence-corrected chi connectivity index (χ1v) is 11.4. The van der Waals surface area contributed by atoms with Gasteiger partial charge in [-0.3, -0.25) is 14.2 Å². The number of nitrogens with one attached hydrogen (secondary N) is 1. The summed E-state index contributed by atoms with van der Waals surface area (Å²) in [5, 5.41) is 3.93. The van der Waals surface area contributed by atoms with E-state index in [1.165, 1.54) is 11.3 Å². The average Bonchev–Trinajstić information content (AvgIpc) is 3.09. The van der Waals surface area contributed by atoms with Crippen LogP contribution in [-0.4, -0.2) is 28.0 Å². The maximum atomic E-state index is 12.9. The number of aromatic nitrogens is 2. The molecule has 7 nitrogen and oxygen atoms in total. The summed E-state index contributed by atoms with van der Waals surface area (Å²) in [6, 6.07) is 6.74. The largest absolute Gasteiger partial charge is 0.462 e. The number of amides is 1. The molecule has 162 valence electrons. The summed E-state index contributed by atoms with van der Waals surface area (Å²) >= 11 is 1.18. The summed E-state index contributed by atoms with van der Waals surface area (Å²) in [5.74, 6) is 0.0901. The van der Waals surface area contributed by atoms with E-state index in [-0.39, 0.29) is 11.5 Å². The van der Waals surface area contributed by atoms with Crippen molar-refractivity contribution in [2.45, 2.75) is 52.5 Å². The third-order valence-corrected chi connectivity index (χ3v) is 6.58. The molecular formula is C23H25N3O4S. The van der Waals surface area contributed by atoms with Gasteiger partial charge >= 0.3 is 5.97 Å². The molecule has 0 aliphatic carbocycles. The Morgan fingerprint density at radius 1 is 1.19 bits per heavy atom. The van der Waals surface area contributed by atoms with E-state index >= 15 is 0 Å². The van der Waals surface area contributed by atoms with Gasteiger partial charge in [0.25, 0.3) is 11.5 Å². The van der Waals surface area contributed by atoms with Crippen LogP contribution in [0, 0.1) is 6.92 Å². The Kier molecular flexibility index (Phi) is 6.18. The average molecular weight is 440 g/mol. The van der Waals surface area contributed by atoms with E-state index in [1.807, 2.05) is 0 Å². The van der Waals surface area contributed by atoms with Gasteiger partial charge in [-0.05, 0) is 56.5 Å². The third-order valence-electron chi connectivity index (χ3n) is 5.44. The summed E-state index contributed by atoms with van der Waals surface area (Å²) in [5.41, 5.74) is 1.67. The molecule has 1 aromatic carbocycles. The second kappa shape index (κ2) is 9.01. The van der Waals surface area contributed by atoms with Gasteiger partial charge in [0.2, 0.25) is 0 Å². The molecule has 0 saturated carbocycles. The number of hydrogen-bond acceptors (Lipinski definition) is 6.